The van der Waals surface area contributed by atoms with E-state index in [1.54, 1.807) is 7.05 Å². The van der Waals surface area contributed by atoms with E-state index in [9.17, 15) is 8.42 Å². The van der Waals surface area contributed by atoms with Crippen molar-refractivity contribution in [1.82, 2.24) is 15.4 Å². The van der Waals surface area contributed by atoms with Gasteiger partial charge < -0.3 is 10.6 Å². The Kier molecular flexibility index (Phi) is 7.62. The summed E-state index contributed by atoms with van der Waals surface area (Å²) in [4.78, 5) is 4.21. The molecule has 0 radical (unpaired) electrons. The number of hydrogen-bond donors (Lipinski definition) is 3. The van der Waals surface area contributed by atoms with Crippen molar-refractivity contribution in [2.45, 2.75) is 46.0 Å². The predicted octanol–water partition coefficient (Wildman–Crippen LogP) is 1.31. The van der Waals surface area contributed by atoms with Crippen LogP contribution in [-0.2, 0) is 10.0 Å². The molecule has 1 aliphatic rings. The lowest BCUT2D eigenvalue weighted by molar-refractivity contribution is 0.235. The number of aliphatic imine (C=N–C) groups is 1. The molecule has 1 aliphatic carbocycles. The second kappa shape index (κ2) is 8.72. The van der Waals surface area contributed by atoms with Gasteiger partial charge in [0, 0.05) is 26.7 Å². The topological polar surface area (TPSA) is 82.6 Å². The van der Waals surface area contributed by atoms with Crippen LogP contribution in [0.4, 0.5) is 0 Å². The number of guanidine groups is 1. The summed E-state index contributed by atoms with van der Waals surface area (Å²) in [7, 11) is -1.39. The molecule has 0 aromatic rings. The summed E-state index contributed by atoms with van der Waals surface area (Å²) in [5.74, 6) is 1.44. The summed E-state index contributed by atoms with van der Waals surface area (Å²) in [6, 6.07) is 0. The fourth-order valence-electron chi connectivity index (χ4n) is 3.35. The van der Waals surface area contributed by atoms with Crippen LogP contribution in [0.5, 0.6) is 0 Å². The van der Waals surface area contributed by atoms with Crippen molar-refractivity contribution in [3.63, 3.8) is 0 Å². The van der Waals surface area contributed by atoms with Gasteiger partial charge in [0.2, 0.25) is 10.0 Å². The molecule has 1 saturated carbocycles. The average Bonchev–Trinajstić information content (AvgIpc) is 2.84. The van der Waals surface area contributed by atoms with Gasteiger partial charge in [-0.3, -0.25) is 4.99 Å². The summed E-state index contributed by atoms with van der Waals surface area (Å²) in [6.07, 6.45) is 7.61. The van der Waals surface area contributed by atoms with Crippen molar-refractivity contribution in [2.24, 2.45) is 16.3 Å². The second-order valence-electron chi connectivity index (χ2n) is 6.82. The SMILES string of the molecule is CN=C(NCCNS(C)(=O)=O)NCC1(CC(C)C)CCCC1. The standard InChI is InChI=1S/C15H32N4O2S/c1-13(2)11-15(7-5-6-8-15)12-18-14(16-3)17-9-10-19-22(4,20)21/h13,19H,5-12H2,1-4H3,(H2,16,17,18). The molecule has 6 nitrogen and oxygen atoms in total. The zero-order chi connectivity index (χ0) is 16.6. The van der Waals surface area contributed by atoms with Crippen LogP contribution in [0.25, 0.3) is 0 Å². The highest BCUT2D eigenvalue weighted by Crippen LogP contribution is 2.42. The fourth-order valence-corrected chi connectivity index (χ4v) is 3.83. The minimum absolute atomic E-state index is 0.358. The number of hydrogen-bond acceptors (Lipinski definition) is 3. The summed E-state index contributed by atoms with van der Waals surface area (Å²) in [5, 5.41) is 6.57. The minimum Gasteiger partial charge on any atom is -0.356 e. The first-order chi connectivity index (χ1) is 10.3. The van der Waals surface area contributed by atoms with E-state index in [2.05, 4.69) is 34.2 Å². The number of nitrogens with one attached hydrogen (secondary N) is 3. The Bertz CT molecular complexity index is 454. The molecule has 0 unspecified atom stereocenters. The molecule has 1 rings (SSSR count). The molecular weight excluding hydrogens is 300 g/mol. The molecule has 0 atom stereocenters. The van der Waals surface area contributed by atoms with Crippen LogP contribution in [0.15, 0.2) is 4.99 Å². The van der Waals surface area contributed by atoms with Gasteiger partial charge in [-0.15, -0.1) is 0 Å². The van der Waals surface area contributed by atoms with Crippen molar-refractivity contribution in [1.29, 1.82) is 0 Å². The van der Waals surface area contributed by atoms with E-state index < -0.39 is 10.0 Å². The first-order valence-electron chi connectivity index (χ1n) is 8.15. The maximum Gasteiger partial charge on any atom is 0.208 e. The summed E-state index contributed by atoms with van der Waals surface area (Å²) < 4.78 is 24.5. The van der Waals surface area contributed by atoms with Crippen LogP contribution >= 0.6 is 0 Å². The van der Waals surface area contributed by atoms with Gasteiger partial charge in [0.05, 0.1) is 6.26 Å². The van der Waals surface area contributed by atoms with E-state index >= 15 is 0 Å². The number of sulfonamides is 1. The summed E-state index contributed by atoms with van der Waals surface area (Å²) in [5.41, 5.74) is 0.386. The molecule has 1 fully saturated rings. The van der Waals surface area contributed by atoms with Crippen LogP contribution in [0.2, 0.25) is 0 Å². The van der Waals surface area contributed by atoms with Gasteiger partial charge >= 0.3 is 0 Å². The Morgan fingerprint density at radius 3 is 2.32 bits per heavy atom. The molecule has 0 heterocycles. The molecule has 0 amide bonds. The molecule has 0 aromatic heterocycles. The monoisotopic (exact) mass is 332 g/mol. The van der Waals surface area contributed by atoms with Gasteiger partial charge in [-0.25, -0.2) is 13.1 Å². The Morgan fingerprint density at radius 2 is 1.82 bits per heavy atom. The highest BCUT2D eigenvalue weighted by atomic mass is 32.2. The number of nitrogens with zero attached hydrogens (tertiary/aromatic N) is 1. The highest BCUT2D eigenvalue weighted by molar-refractivity contribution is 7.88. The molecular formula is C15H32N4O2S. The van der Waals surface area contributed by atoms with Crippen molar-refractivity contribution >= 4 is 16.0 Å². The third kappa shape index (κ3) is 7.45. The van der Waals surface area contributed by atoms with Gasteiger partial charge in [-0.2, -0.15) is 0 Å². The quantitative estimate of drug-likeness (QED) is 0.355. The lowest BCUT2D eigenvalue weighted by atomic mass is 9.78. The highest BCUT2D eigenvalue weighted by Gasteiger charge is 2.34. The molecule has 0 saturated heterocycles. The van der Waals surface area contributed by atoms with Gasteiger partial charge in [-0.1, -0.05) is 26.7 Å². The maximum atomic E-state index is 11.0. The molecule has 0 spiro atoms. The average molecular weight is 333 g/mol. The Labute approximate surface area is 135 Å². The largest absolute Gasteiger partial charge is 0.356 e. The summed E-state index contributed by atoms with van der Waals surface area (Å²) in [6.45, 7) is 6.37. The fraction of sp³-hybridized carbons (Fsp3) is 0.933. The third-order valence-corrected chi connectivity index (χ3v) is 4.87. The second-order valence-corrected chi connectivity index (χ2v) is 8.66. The van der Waals surface area contributed by atoms with Gasteiger partial charge in [0.25, 0.3) is 0 Å². The first-order valence-corrected chi connectivity index (χ1v) is 10.0. The van der Waals surface area contributed by atoms with Gasteiger partial charge in [-0.05, 0) is 30.6 Å². The predicted molar refractivity (Wildman–Crippen MR) is 92.6 cm³/mol. The van der Waals surface area contributed by atoms with E-state index in [4.69, 9.17) is 0 Å². The number of rotatable bonds is 8. The van der Waals surface area contributed by atoms with E-state index in [-0.39, 0.29) is 0 Å². The molecule has 0 aromatic carbocycles. The van der Waals surface area contributed by atoms with Crippen LogP contribution in [0, 0.1) is 11.3 Å². The van der Waals surface area contributed by atoms with E-state index in [0.717, 1.165) is 18.8 Å². The Morgan fingerprint density at radius 1 is 1.18 bits per heavy atom. The molecule has 0 bridgehead atoms. The van der Waals surface area contributed by atoms with Crippen molar-refractivity contribution in [3.8, 4) is 0 Å². The Balaban J connectivity index is 2.39. The van der Waals surface area contributed by atoms with Crippen molar-refractivity contribution in [2.75, 3.05) is 32.9 Å². The van der Waals surface area contributed by atoms with E-state index in [1.807, 2.05) is 0 Å². The minimum atomic E-state index is -3.13. The van der Waals surface area contributed by atoms with Crippen molar-refractivity contribution < 1.29 is 8.42 Å². The Hall–Kier alpha value is -0.820. The van der Waals surface area contributed by atoms with Crippen molar-refractivity contribution in [3.05, 3.63) is 0 Å². The zero-order valence-corrected chi connectivity index (χ0v) is 15.2. The first kappa shape index (κ1) is 19.2. The van der Waals surface area contributed by atoms with Crippen LogP contribution in [0.1, 0.15) is 46.0 Å². The van der Waals surface area contributed by atoms with Crippen LogP contribution in [0.3, 0.4) is 0 Å². The van der Waals surface area contributed by atoms with Gasteiger partial charge in [0.15, 0.2) is 5.96 Å². The van der Waals surface area contributed by atoms with Crippen LogP contribution < -0.4 is 15.4 Å². The molecule has 130 valence electrons. The lowest BCUT2D eigenvalue weighted by Crippen LogP contribution is -2.45. The molecule has 3 N–H and O–H groups in total. The lowest BCUT2D eigenvalue weighted by Gasteiger charge is -2.31. The normalized spacial score (nSPS) is 18.7. The van der Waals surface area contributed by atoms with E-state index in [0.29, 0.717) is 24.4 Å². The third-order valence-electron chi connectivity index (χ3n) is 4.14. The summed E-state index contributed by atoms with van der Waals surface area (Å²) >= 11 is 0. The van der Waals surface area contributed by atoms with Crippen LogP contribution in [-0.4, -0.2) is 47.3 Å². The smallest absolute Gasteiger partial charge is 0.208 e. The molecule has 22 heavy (non-hydrogen) atoms. The zero-order valence-electron chi connectivity index (χ0n) is 14.4. The molecule has 0 aliphatic heterocycles. The maximum absolute atomic E-state index is 11.0. The molecule has 7 heteroatoms. The van der Waals surface area contributed by atoms with Gasteiger partial charge in [0.1, 0.15) is 0 Å². The van der Waals surface area contributed by atoms with E-state index in [1.165, 1.54) is 32.1 Å².